The predicted molar refractivity (Wildman–Crippen MR) is 81.4 cm³/mol. The quantitative estimate of drug-likeness (QED) is 0.509. The van der Waals surface area contributed by atoms with Crippen molar-refractivity contribution in [2.24, 2.45) is 10.3 Å². The van der Waals surface area contributed by atoms with E-state index in [0.717, 1.165) is 12.2 Å². The molecule has 0 radical (unpaired) electrons. The Balaban J connectivity index is 3.87. The topological polar surface area (TPSA) is 163 Å². The summed E-state index contributed by atoms with van der Waals surface area (Å²) in [7, 11) is -9.65. The molecule has 124 valence electrons. The Morgan fingerprint density at radius 2 is 1.82 bits per heavy atom. The molecule has 0 aromatic carbocycles. The van der Waals surface area contributed by atoms with Crippen LogP contribution in [0.3, 0.4) is 0 Å². The Labute approximate surface area is 136 Å². The van der Waals surface area contributed by atoms with Crippen LogP contribution in [0.15, 0.2) is 33.9 Å². The highest BCUT2D eigenvalue weighted by molar-refractivity contribution is 7.94. The molecule has 0 spiro atoms. The van der Waals surface area contributed by atoms with E-state index in [1.165, 1.54) is 6.92 Å². The molecule has 0 saturated carbocycles. The Bertz CT molecular complexity index is 810. The van der Waals surface area contributed by atoms with Gasteiger partial charge in [-0.25, -0.2) is 27.1 Å². The molecule has 22 heavy (non-hydrogen) atoms. The zero-order valence-corrected chi connectivity index (χ0v) is 14.1. The van der Waals surface area contributed by atoms with Crippen molar-refractivity contribution >= 4 is 43.2 Å². The number of rotatable bonds is 4. The number of halogens is 2. The average molecular weight is 392 g/mol. The van der Waals surface area contributed by atoms with E-state index < -0.39 is 35.1 Å². The lowest BCUT2D eigenvalue weighted by Gasteiger charge is -2.28. The number of nitro groups is 1. The molecule has 0 heterocycles. The lowest BCUT2D eigenvalue weighted by atomic mass is 9.98. The minimum atomic E-state index is -5.01. The highest BCUT2D eigenvalue weighted by Gasteiger charge is 2.63. The molecule has 9 nitrogen and oxygen atoms in total. The van der Waals surface area contributed by atoms with E-state index in [-0.39, 0.29) is 15.6 Å². The summed E-state index contributed by atoms with van der Waals surface area (Å²) >= 11 is 11.1. The lowest BCUT2D eigenvalue weighted by Crippen LogP contribution is -2.60. The summed E-state index contributed by atoms with van der Waals surface area (Å²) in [6.07, 6.45) is 2.44. The molecule has 4 N–H and O–H groups in total. The van der Waals surface area contributed by atoms with Crippen LogP contribution in [0.4, 0.5) is 0 Å². The van der Waals surface area contributed by atoms with Crippen molar-refractivity contribution < 1.29 is 21.8 Å². The molecule has 2 unspecified atom stereocenters. The van der Waals surface area contributed by atoms with E-state index in [2.05, 4.69) is 0 Å². The molecule has 1 rings (SSSR count). The third-order valence-electron chi connectivity index (χ3n) is 3.03. The third kappa shape index (κ3) is 3.19. The van der Waals surface area contributed by atoms with E-state index in [4.69, 9.17) is 33.5 Å². The minimum absolute atomic E-state index is 0.0642. The maximum Gasteiger partial charge on any atom is 0.372 e. The van der Waals surface area contributed by atoms with Crippen LogP contribution in [-0.2, 0) is 20.0 Å². The van der Waals surface area contributed by atoms with Crippen LogP contribution in [0, 0.1) is 10.1 Å². The molecule has 1 aliphatic carbocycles. The van der Waals surface area contributed by atoms with E-state index in [0.29, 0.717) is 6.08 Å². The molecular formula is C9H11Cl2N3O6S2. The van der Waals surface area contributed by atoms with Crippen LogP contribution in [0.1, 0.15) is 6.92 Å². The number of nitrogens with zero attached hydrogens (tertiary/aromatic N) is 1. The molecule has 0 amide bonds. The Hall–Kier alpha value is -0.980. The zero-order valence-electron chi connectivity index (χ0n) is 10.9. The van der Waals surface area contributed by atoms with Crippen molar-refractivity contribution in [3.8, 4) is 0 Å². The number of allylic oxidation sites excluding steroid dienone is 3. The van der Waals surface area contributed by atoms with Crippen LogP contribution in [0.5, 0.6) is 0 Å². The summed E-state index contributed by atoms with van der Waals surface area (Å²) in [5.41, 5.74) is 0.0351. The molecule has 0 saturated heterocycles. The summed E-state index contributed by atoms with van der Waals surface area (Å²) < 4.78 is 46.5. The first-order valence-corrected chi connectivity index (χ1v) is 9.28. The number of primary sulfonamides is 2. The van der Waals surface area contributed by atoms with Crippen molar-refractivity contribution in [3.63, 3.8) is 0 Å². The van der Waals surface area contributed by atoms with Gasteiger partial charge in [0.25, 0.3) is 10.0 Å². The molecule has 1 aliphatic rings. The van der Waals surface area contributed by atoms with Gasteiger partial charge in [-0.2, -0.15) is 0 Å². The number of hydrogen-bond donors (Lipinski definition) is 2. The SMILES string of the molecule is CC(C1=CC([N+](=O)[O-])(S(N)(=O)=O)C(S(N)(=O)=O)C=C1)=C(Cl)Cl. The van der Waals surface area contributed by atoms with Gasteiger partial charge in [-0.15, -0.1) is 0 Å². The van der Waals surface area contributed by atoms with Gasteiger partial charge in [0.15, 0.2) is 5.25 Å². The van der Waals surface area contributed by atoms with Crippen LogP contribution in [0.25, 0.3) is 0 Å². The Morgan fingerprint density at radius 3 is 2.14 bits per heavy atom. The van der Waals surface area contributed by atoms with Crippen molar-refractivity contribution in [2.45, 2.75) is 17.0 Å². The maximum absolute atomic E-state index is 11.8. The second-order valence-electron chi connectivity index (χ2n) is 4.41. The van der Waals surface area contributed by atoms with Gasteiger partial charge in [-0.3, -0.25) is 10.1 Å². The summed E-state index contributed by atoms with van der Waals surface area (Å²) in [5, 5.41) is 19.0. The molecule has 0 bridgehead atoms. The van der Waals surface area contributed by atoms with Crippen molar-refractivity contribution in [1.29, 1.82) is 0 Å². The summed E-state index contributed by atoms with van der Waals surface area (Å²) in [4.78, 5) is 6.88. The van der Waals surface area contributed by atoms with E-state index in [1.807, 2.05) is 0 Å². The second kappa shape index (κ2) is 5.91. The fourth-order valence-electron chi connectivity index (χ4n) is 1.87. The number of hydrogen-bond acceptors (Lipinski definition) is 6. The first kappa shape index (κ1) is 19.1. The number of sulfonamides is 2. The first-order valence-electron chi connectivity index (χ1n) is 5.37. The van der Waals surface area contributed by atoms with Crippen molar-refractivity contribution in [2.75, 3.05) is 0 Å². The van der Waals surface area contributed by atoms with Gasteiger partial charge in [0, 0.05) is 6.08 Å². The molecule has 13 heteroatoms. The van der Waals surface area contributed by atoms with E-state index in [9.17, 15) is 26.9 Å². The van der Waals surface area contributed by atoms with Gasteiger partial charge in [-0.1, -0.05) is 35.4 Å². The maximum atomic E-state index is 11.8. The summed E-state index contributed by atoms with van der Waals surface area (Å²) in [5.74, 6) is 0. The monoisotopic (exact) mass is 391 g/mol. The molecule has 0 aromatic heterocycles. The van der Waals surface area contributed by atoms with Crippen LogP contribution >= 0.6 is 23.2 Å². The fraction of sp³-hybridized carbons (Fsp3) is 0.333. The van der Waals surface area contributed by atoms with Crippen LogP contribution in [-0.4, -0.2) is 31.9 Å². The highest BCUT2D eigenvalue weighted by Crippen LogP contribution is 2.36. The van der Waals surface area contributed by atoms with E-state index in [1.54, 1.807) is 0 Å². The molecule has 2 atom stereocenters. The van der Waals surface area contributed by atoms with Gasteiger partial charge in [0.1, 0.15) is 4.49 Å². The number of nitrogens with two attached hydrogens (primary N) is 2. The van der Waals surface area contributed by atoms with Gasteiger partial charge in [-0.05, 0) is 18.1 Å². The highest BCUT2D eigenvalue weighted by atomic mass is 35.5. The lowest BCUT2D eigenvalue weighted by molar-refractivity contribution is -0.525. The fourth-order valence-corrected chi connectivity index (χ4v) is 4.72. The summed E-state index contributed by atoms with van der Waals surface area (Å²) in [6.45, 7) is 1.36. The molecule has 0 aliphatic heterocycles. The molecule has 0 aromatic rings. The second-order valence-corrected chi connectivity index (χ2v) is 8.79. The largest absolute Gasteiger partial charge is 0.372 e. The predicted octanol–water partition coefficient (Wildman–Crippen LogP) is 0.110. The normalized spacial score (nSPS) is 25.5. The van der Waals surface area contributed by atoms with Crippen LogP contribution < -0.4 is 10.3 Å². The Kier molecular flexibility index (Phi) is 5.12. The summed E-state index contributed by atoms with van der Waals surface area (Å²) in [6, 6.07) is 0. The van der Waals surface area contributed by atoms with Crippen molar-refractivity contribution in [1.82, 2.24) is 0 Å². The smallest absolute Gasteiger partial charge is 0.262 e. The Morgan fingerprint density at radius 1 is 1.32 bits per heavy atom. The van der Waals surface area contributed by atoms with Gasteiger partial charge < -0.3 is 0 Å². The van der Waals surface area contributed by atoms with E-state index >= 15 is 0 Å². The van der Waals surface area contributed by atoms with Gasteiger partial charge in [0.05, 0.1) is 4.92 Å². The molecule has 0 fully saturated rings. The average Bonchev–Trinajstić information content (AvgIpc) is 2.34. The van der Waals surface area contributed by atoms with Gasteiger partial charge >= 0.3 is 4.87 Å². The van der Waals surface area contributed by atoms with Gasteiger partial charge in [0.2, 0.25) is 10.0 Å². The molecular weight excluding hydrogens is 381 g/mol. The first-order chi connectivity index (χ1) is 9.75. The third-order valence-corrected chi connectivity index (χ3v) is 6.41. The minimum Gasteiger partial charge on any atom is -0.262 e. The standard InChI is InChI=1S/C9H11Cl2N3O6S2/c1-5(8(10)11)6-2-3-7(21(12,17)18)9(4-6,14(15)16)22(13,19)20/h2-4,7H,1H3,(H2,12,17,18)(H2,13,19,20). The van der Waals surface area contributed by atoms with Crippen LogP contribution in [0.2, 0.25) is 0 Å². The zero-order chi connectivity index (χ0) is 17.5. The van der Waals surface area contributed by atoms with Crippen molar-refractivity contribution in [3.05, 3.63) is 44.0 Å².